The summed E-state index contributed by atoms with van der Waals surface area (Å²) in [4.78, 5) is 36.1. The first-order chi connectivity index (χ1) is 16.3. The van der Waals surface area contributed by atoms with Crippen molar-refractivity contribution in [3.05, 3.63) is 93.4 Å². The number of hydrogen-bond acceptors (Lipinski definition) is 6. The van der Waals surface area contributed by atoms with Crippen LogP contribution in [-0.4, -0.2) is 31.7 Å². The summed E-state index contributed by atoms with van der Waals surface area (Å²) in [5, 5.41) is 0.902. The highest BCUT2D eigenvalue weighted by atomic mass is 32.2. The molecule has 0 aliphatic carbocycles. The summed E-state index contributed by atoms with van der Waals surface area (Å²) in [6.45, 7) is 6.43. The molecule has 172 valence electrons. The zero-order valence-corrected chi connectivity index (χ0v) is 20.2. The van der Waals surface area contributed by atoms with Gasteiger partial charge in [0.15, 0.2) is 16.6 Å². The first-order valence-corrected chi connectivity index (χ1v) is 12.2. The minimum absolute atomic E-state index is 0.0198. The maximum absolute atomic E-state index is 13.8. The Labute approximate surface area is 202 Å². The van der Waals surface area contributed by atoms with Crippen LogP contribution < -0.4 is 5.56 Å². The van der Waals surface area contributed by atoms with Gasteiger partial charge in [-0.2, -0.15) is 0 Å². The van der Waals surface area contributed by atoms with Crippen molar-refractivity contribution in [2.75, 3.05) is 5.75 Å². The van der Waals surface area contributed by atoms with E-state index in [1.165, 1.54) is 11.8 Å². The van der Waals surface area contributed by atoms with Crippen LogP contribution in [0.15, 0.2) is 70.6 Å². The standard InChI is InChI=1S/C27H25N3O3S/c1-17-9-7-8-12-22(17)30-25(32)20-13-19-15-33-27(2,3)14-21(19)28-24(20)29-26(30)34-16-23(31)18-10-5-4-6-11-18/h4-13H,14-16H2,1-3H3. The molecule has 0 spiro atoms. The number of carbonyl (C=O) groups excluding carboxylic acids is 1. The van der Waals surface area contributed by atoms with Gasteiger partial charge in [0, 0.05) is 17.5 Å². The molecule has 0 fully saturated rings. The Bertz CT molecular complexity index is 1460. The summed E-state index contributed by atoms with van der Waals surface area (Å²) >= 11 is 1.26. The fraction of sp³-hybridized carbons (Fsp3) is 0.259. The molecule has 0 saturated heterocycles. The molecule has 0 saturated carbocycles. The number of pyridine rings is 1. The van der Waals surface area contributed by atoms with Gasteiger partial charge in [-0.05, 0) is 38.5 Å². The molecule has 2 aromatic heterocycles. The van der Waals surface area contributed by atoms with Crippen molar-refractivity contribution in [1.82, 2.24) is 14.5 Å². The van der Waals surface area contributed by atoms with Gasteiger partial charge in [-0.25, -0.2) is 9.97 Å². The first-order valence-electron chi connectivity index (χ1n) is 11.2. The molecule has 6 nitrogen and oxygen atoms in total. The minimum atomic E-state index is -0.316. The van der Waals surface area contributed by atoms with Gasteiger partial charge in [-0.1, -0.05) is 60.3 Å². The van der Waals surface area contributed by atoms with Crippen LogP contribution in [-0.2, 0) is 17.8 Å². The van der Waals surface area contributed by atoms with Gasteiger partial charge < -0.3 is 4.74 Å². The van der Waals surface area contributed by atoms with Crippen LogP contribution in [0, 0.1) is 6.92 Å². The molecule has 0 radical (unpaired) electrons. The molecule has 0 atom stereocenters. The predicted octanol–water partition coefficient (Wildman–Crippen LogP) is 4.92. The monoisotopic (exact) mass is 471 g/mol. The van der Waals surface area contributed by atoms with Gasteiger partial charge in [0.2, 0.25) is 0 Å². The average molecular weight is 472 g/mol. The van der Waals surface area contributed by atoms with E-state index < -0.39 is 0 Å². The maximum atomic E-state index is 13.8. The summed E-state index contributed by atoms with van der Waals surface area (Å²) in [7, 11) is 0. The average Bonchev–Trinajstić information content (AvgIpc) is 2.82. The van der Waals surface area contributed by atoms with Crippen molar-refractivity contribution >= 4 is 28.6 Å². The van der Waals surface area contributed by atoms with Crippen molar-refractivity contribution in [2.45, 2.75) is 44.6 Å². The molecule has 34 heavy (non-hydrogen) atoms. The van der Waals surface area contributed by atoms with Crippen molar-refractivity contribution in [3.63, 3.8) is 0 Å². The second-order valence-electron chi connectivity index (χ2n) is 9.09. The third-order valence-corrected chi connectivity index (χ3v) is 6.93. The van der Waals surface area contributed by atoms with Crippen LogP contribution in [0.2, 0.25) is 0 Å². The molecular formula is C27H25N3O3S. The van der Waals surface area contributed by atoms with E-state index in [0.717, 1.165) is 22.5 Å². The fourth-order valence-corrected chi connectivity index (χ4v) is 5.03. The number of aromatic nitrogens is 3. The van der Waals surface area contributed by atoms with E-state index in [0.29, 0.717) is 34.8 Å². The number of thioether (sulfide) groups is 1. The van der Waals surface area contributed by atoms with E-state index in [-0.39, 0.29) is 22.7 Å². The van der Waals surface area contributed by atoms with Crippen LogP contribution in [0.1, 0.15) is 41.0 Å². The number of fused-ring (bicyclic) bond motifs is 2. The van der Waals surface area contributed by atoms with Crippen molar-refractivity contribution in [2.24, 2.45) is 0 Å². The highest BCUT2D eigenvalue weighted by Gasteiger charge is 2.28. The topological polar surface area (TPSA) is 74.1 Å². The Morgan fingerprint density at radius 2 is 1.82 bits per heavy atom. The Morgan fingerprint density at radius 1 is 1.09 bits per heavy atom. The second-order valence-corrected chi connectivity index (χ2v) is 10.0. The van der Waals surface area contributed by atoms with E-state index in [2.05, 4.69) is 0 Å². The molecule has 0 N–H and O–H groups in total. The summed E-state index contributed by atoms with van der Waals surface area (Å²) in [6.07, 6.45) is 0.649. The van der Waals surface area contributed by atoms with Gasteiger partial charge in [0.05, 0.1) is 34.7 Å². The number of para-hydroxylation sites is 1. The van der Waals surface area contributed by atoms with Gasteiger partial charge >= 0.3 is 0 Å². The Hall–Kier alpha value is -3.29. The highest BCUT2D eigenvalue weighted by molar-refractivity contribution is 7.99. The third kappa shape index (κ3) is 4.29. The van der Waals surface area contributed by atoms with Crippen LogP contribution in [0.4, 0.5) is 0 Å². The van der Waals surface area contributed by atoms with Crippen LogP contribution in [0.25, 0.3) is 16.7 Å². The normalized spacial score (nSPS) is 14.7. The smallest absolute Gasteiger partial charge is 0.268 e. The van der Waals surface area contributed by atoms with E-state index in [9.17, 15) is 9.59 Å². The van der Waals surface area contributed by atoms with E-state index in [1.54, 1.807) is 16.7 Å². The number of aryl methyl sites for hydroxylation is 1. The Balaban J connectivity index is 1.64. The molecule has 1 aliphatic rings. The van der Waals surface area contributed by atoms with Gasteiger partial charge in [-0.15, -0.1) is 0 Å². The lowest BCUT2D eigenvalue weighted by molar-refractivity contribution is -0.0411. The third-order valence-electron chi connectivity index (χ3n) is 5.99. The summed E-state index contributed by atoms with van der Waals surface area (Å²) in [6, 6.07) is 18.7. The summed E-state index contributed by atoms with van der Waals surface area (Å²) in [5.41, 5.74) is 4.03. The molecule has 5 rings (SSSR count). The molecule has 7 heteroatoms. The maximum Gasteiger partial charge on any atom is 0.268 e. The van der Waals surface area contributed by atoms with E-state index >= 15 is 0 Å². The fourth-order valence-electron chi connectivity index (χ4n) is 4.14. The summed E-state index contributed by atoms with van der Waals surface area (Å²) in [5.74, 6) is 0.146. The molecule has 3 heterocycles. The number of rotatable bonds is 5. The van der Waals surface area contributed by atoms with Crippen LogP contribution >= 0.6 is 11.8 Å². The number of carbonyl (C=O) groups is 1. The molecular weight excluding hydrogens is 446 g/mol. The molecule has 0 amide bonds. The second kappa shape index (κ2) is 8.81. The number of nitrogens with zero attached hydrogens (tertiary/aromatic N) is 3. The van der Waals surface area contributed by atoms with Crippen LogP contribution in [0.3, 0.4) is 0 Å². The minimum Gasteiger partial charge on any atom is -0.370 e. The zero-order chi connectivity index (χ0) is 23.9. The molecule has 0 bridgehead atoms. The lowest BCUT2D eigenvalue weighted by atomic mass is 9.95. The SMILES string of the molecule is Cc1ccccc1-n1c(SCC(=O)c2ccccc2)nc2nc3c(cc2c1=O)COC(C)(C)C3. The van der Waals surface area contributed by atoms with E-state index in [4.69, 9.17) is 14.7 Å². The lowest BCUT2D eigenvalue weighted by Gasteiger charge is -2.31. The lowest BCUT2D eigenvalue weighted by Crippen LogP contribution is -2.33. The number of ether oxygens (including phenoxy) is 1. The number of benzene rings is 2. The Morgan fingerprint density at radius 3 is 2.59 bits per heavy atom. The largest absolute Gasteiger partial charge is 0.370 e. The molecule has 2 aromatic carbocycles. The molecule has 1 aliphatic heterocycles. The quantitative estimate of drug-likeness (QED) is 0.234. The number of Topliss-reactive ketones (excluding diaryl/α,β-unsaturated/α-hetero) is 1. The van der Waals surface area contributed by atoms with Crippen molar-refractivity contribution in [3.8, 4) is 5.69 Å². The van der Waals surface area contributed by atoms with E-state index in [1.807, 2.05) is 69.3 Å². The molecule has 0 unspecified atom stereocenters. The number of hydrogen-bond donors (Lipinski definition) is 0. The number of ketones is 1. The Kier molecular flexibility index (Phi) is 5.83. The highest BCUT2D eigenvalue weighted by Crippen LogP contribution is 2.29. The van der Waals surface area contributed by atoms with Crippen molar-refractivity contribution < 1.29 is 9.53 Å². The van der Waals surface area contributed by atoms with Crippen molar-refractivity contribution in [1.29, 1.82) is 0 Å². The predicted molar refractivity (Wildman–Crippen MR) is 134 cm³/mol. The van der Waals surface area contributed by atoms with Gasteiger partial charge in [-0.3, -0.25) is 14.2 Å². The van der Waals surface area contributed by atoms with Crippen LogP contribution in [0.5, 0.6) is 0 Å². The molecule has 4 aromatic rings. The first kappa shape index (κ1) is 22.5. The van der Waals surface area contributed by atoms with Gasteiger partial charge in [0.1, 0.15) is 0 Å². The zero-order valence-electron chi connectivity index (χ0n) is 19.4. The summed E-state index contributed by atoms with van der Waals surface area (Å²) < 4.78 is 7.53. The van der Waals surface area contributed by atoms with Gasteiger partial charge in [0.25, 0.3) is 5.56 Å².